The van der Waals surface area contributed by atoms with Gasteiger partial charge >= 0.3 is 0 Å². The van der Waals surface area contributed by atoms with Crippen molar-refractivity contribution in [3.8, 4) is 0 Å². The largest absolute Gasteiger partial charge is 0.350 e. The molecule has 0 aromatic heterocycles. The maximum Gasteiger partial charge on any atom is 0.220 e. The molecular weight excluding hydrogens is 255 g/mol. The predicted octanol–water partition coefficient (Wildman–Crippen LogP) is 2.78. The molecule has 1 aromatic rings. The summed E-state index contributed by atoms with van der Waals surface area (Å²) in [6, 6.07) is 6.23. The third-order valence-corrected chi connectivity index (χ3v) is 3.90. The van der Waals surface area contributed by atoms with Gasteiger partial charge in [-0.25, -0.2) is 4.39 Å². The molecule has 2 N–H and O–H groups in total. The van der Waals surface area contributed by atoms with E-state index in [1.807, 2.05) is 13.0 Å². The van der Waals surface area contributed by atoms with E-state index in [0.29, 0.717) is 12.3 Å². The SMILES string of the molecule is C[C@@H](NC(=O)CCC1CCCNC1)c1cccc(F)c1. The second kappa shape index (κ2) is 7.39. The Kier molecular flexibility index (Phi) is 5.53. The van der Waals surface area contributed by atoms with Crippen LogP contribution < -0.4 is 10.6 Å². The fourth-order valence-electron chi connectivity index (χ4n) is 2.68. The molecule has 20 heavy (non-hydrogen) atoms. The molecule has 0 aliphatic carbocycles. The minimum absolute atomic E-state index is 0.0485. The predicted molar refractivity (Wildman–Crippen MR) is 77.8 cm³/mol. The van der Waals surface area contributed by atoms with E-state index in [9.17, 15) is 9.18 Å². The van der Waals surface area contributed by atoms with Crippen LogP contribution in [0.25, 0.3) is 0 Å². The molecule has 1 fully saturated rings. The Morgan fingerprint density at radius 1 is 1.55 bits per heavy atom. The molecule has 0 spiro atoms. The van der Waals surface area contributed by atoms with Crippen molar-refractivity contribution in [3.05, 3.63) is 35.6 Å². The Bertz CT molecular complexity index is 444. The van der Waals surface area contributed by atoms with Gasteiger partial charge in [-0.05, 0) is 62.9 Å². The molecule has 2 atom stereocenters. The lowest BCUT2D eigenvalue weighted by Crippen LogP contribution is -2.31. The van der Waals surface area contributed by atoms with Gasteiger partial charge in [-0.3, -0.25) is 4.79 Å². The van der Waals surface area contributed by atoms with E-state index in [1.54, 1.807) is 6.07 Å². The van der Waals surface area contributed by atoms with Gasteiger partial charge in [-0.2, -0.15) is 0 Å². The molecule has 3 nitrogen and oxygen atoms in total. The zero-order valence-electron chi connectivity index (χ0n) is 12.0. The summed E-state index contributed by atoms with van der Waals surface area (Å²) in [5.41, 5.74) is 0.803. The molecule has 4 heteroatoms. The zero-order chi connectivity index (χ0) is 14.4. The molecule has 1 heterocycles. The van der Waals surface area contributed by atoms with Gasteiger partial charge in [0.15, 0.2) is 0 Å². The number of rotatable bonds is 5. The fraction of sp³-hybridized carbons (Fsp3) is 0.562. The van der Waals surface area contributed by atoms with Gasteiger partial charge in [0.2, 0.25) is 5.91 Å². The van der Waals surface area contributed by atoms with Gasteiger partial charge in [0.25, 0.3) is 0 Å². The van der Waals surface area contributed by atoms with E-state index in [-0.39, 0.29) is 17.8 Å². The van der Waals surface area contributed by atoms with E-state index in [1.165, 1.54) is 25.0 Å². The highest BCUT2D eigenvalue weighted by Crippen LogP contribution is 2.17. The maximum atomic E-state index is 13.1. The van der Waals surface area contributed by atoms with Crippen molar-refractivity contribution in [2.45, 2.75) is 38.6 Å². The molecule has 1 amide bonds. The first-order chi connectivity index (χ1) is 9.65. The lowest BCUT2D eigenvalue weighted by atomic mass is 9.94. The van der Waals surface area contributed by atoms with Crippen LogP contribution in [0, 0.1) is 11.7 Å². The number of amides is 1. The first-order valence-electron chi connectivity index (χ1n) is 7.40. The molecule has 0 radical (unpaired) electrons. The van der Waals surface area contributed by atoms with E-state index in [2.05, 4.69) is 10.6 Å². The third kappa shape index (κ3) is 4.60. The summed E-state index contributed by atoms with van der Waals surface area (Å²) in [5.74, 6) is 0.392. The van der Waals surface area contributed by atoms with Crippen molar-refractivity contribution in [1.29, 1.82) is 0 Å². The van der Waals surface area contributed by atoms with E-state index < -0.39 is 0 Å². The van der Waals surface area contributed by atoms with Crippen molar-refractivity contribution in [2.24, 2.45) is 5.92 Å². The van der Waals surface area contributed by atoms with Crippen molar-refractivity contribution in [3.63, 3.8) is 0 Å². The highest BCUT2D eigenvalue weighted by atomic mass is 19.1. The molecule has 0 saturated carbocycles. The smallest absolute Gasteiger partial charge is 0.220 e. The molecule has 1 aliphatic rings. The highest BCUT2D eigenvalue weighted by Gasteiger charge is 2.15. The van der Waals surface area contributed by atoms with E-state index in [4.69, 9.17) is 0 Å². The molecule has 1 aliphatic heterocycles. The summed E-state index contributed by atoms with van der Waals surface area (Å²) < 4.78 is 13.1. The molecular formula is C16H23FN2O. The lowest BCUT2D eigenvalue weighted by Gasteiger charge is -2.22. The number of hydrogen-bond acceptors (Lipinski definition) is 2. The maximum absolute atomic E-state index is 13.1. The van der Waals surface area contributed by atoms with Gasteiger partial charge in [0.1, 0.15) is 5.82 Å². The Hall–Kier alpha value is -1.42. The first-order valence-corrected chi connectivity index (χ1v) is 7.40. The number of piperidine rings is 1. The number of hydrogen-bond donors (Lipinski definition) is 2. The van der Waals surface area contributed by atoms with Crippen LogP contribution in [0.3, 0.4) is 0 Å². The van der Waals surface area contributed by atoms with Crippen molar-refractivity contribution >= 4 is 5.91 Å². The molecule has 2 rings (SSSR count). The van der Waals surface area contributed by atoms with Gasteiger partial charge in [0, 0.05) is 6.42 Å². The minimum atomic E-state index is -0.267. The molecule has 1 aromatic carbocycles. The Balaban J connectivity index is 1.76. The van der Waals surface area contributed by atoms with Gasteiger partial charge in [-0.1, -0.05) is 12.1 Å². The Morgan fingerprint density at radius 3 is 3.10 bits per heavy atom. The van der Waals surface area contributed by atoms with Crippen LogP contribution >= 0.6 is 0 Å². The number of halogens is 1. The van der Waals surface area contributed by atoms with Gasteiger partial charge in [0.05, 0.1) is 6.04 Å². The van der Waals surface area contributed by atoms with Crippen LogP contribution in [0.4, 0.5) is 4.39 Å². The number of carbonyl (C=O) groups excluding carboxylic acids is 1. The normalized spacial score (nSPS) is 20.4. The van der Waals surface area contributed by atoms with E-state index >= 15 is 0 Å². The van der Waals surface area contributed by atoms with Gasteiger partial charge < -0.3 is 10.6 Å². The minimum Gasteiger partial charge on any atom is -0.350 e. The van der Waals surface area contributed by atoms with Crippen LogP contribution in [0.5, 0.6) is 0 Å². The second-order valence-corrected chi connectivity index (χ2v) is 5.60. The lowest BCUT2D eigenvalue weighted by molar-refractivity contribution is -0.122. The summed E-state index contributed by atoms with van der Waals surface area (Å²) in [7, 11) is 0. The average Bonchev–Trinajstić information content (AvgIpc) is 2.46. The standard InChI is InChI=1S/C16H23FN2O/c1-12(14-5-2-6-15(17)10-14)19-16(20)8-7-13-4-3-9-18-11-13/h2,5-6,10,12-13,18H,3-4,7-9,11H2,1H3,(H,19,20)/t12-,13?/m1/s1. The van der Waals surface area contributed by atoms with Crippen LogP contribution in [0.2, 0.25) is 0 Å². The van der Waals surface area contributed by atoms with Crippen LogP contribution in [0.15, 0.2) is 24.3 Å². The monoisotopic (exact) mass is 278 g/mol. The number of benzene rings is 1. The quantitative estimate of drug-likeness (QED) is 0.869. The number of carbonyl (C=O) groups is 1. The molecule has 110 valence electrons. The third-order valence-electron chi connectivity index (χ3n) is 3.90. The average molecular weight is 278 g/mol. The summed E-state index contributed by atoms with van der Waals surface area (Å²) >= 11 is 0. The van der Waals surface area contributed by atoms with Crippen molar-refractivity contribution < 1.29 is 9.18 Å². The summed E-state index contributed by atoms with van der Waals surface area (Å²) in [6.45, 7) is 4.00. The molecule has 1 saturated heterocycles. The topological polar surface area (TPSA) is 41.1 Å². The highest BCUT2D eigenvalue weighted by molar-refractivity contribution is 5.76. The van der Waals surface area contributed by atoms with Crippen LogP contribution in [-0.4, -0.2) is 19.0 Å². The van der Waals surface area contributed by atoms with Crippen LogP contribution in [0.1, 0.15) is 44.2 Å². The van der Waals surface area contributed by atoms with Gasteiger partial charge in [-0.15, -0.1) is 0 Å². The summed E-state index contributed by atoms with van der Waals surface area (Å²) in [4.78, 5) is 11.9. The van der Waals surface area contributed by atoms with E-state index in [0.717, 1.165) is 25.1 Å². The molecule has 1 unspecified atom stereocenters. The Morgan fingerprint density at radius 2 is 2.40 bits per heavy atom. The zero-order valence-corrected chi connectivity index (χ0v) is 12.0. The first kappa shape index (κ1) is 15.0. The summed E-state index contributed by atoms with van der Waals surface area (Å²) in [6.07, 6.45) is 3.88. The fourth-order valence-corrected chi connectivity index (χ4v) is 2.68. The molecule has 0 bridgehead atoms. The summed E-state index contributed by atoms with van der Waals surface area (Å²) in [5, 5.41) is 6.29. The number of nitrogens with one attached hydrogen (secondary N) is 2. The Labute approximate surface area is 120 Å². The van der Waals surface area contributed by atoms with Crippen molar-refractivity contribution in [2.75, 3.05) is 13.1 Å². The van der Waals surface area contributed by atoms with Crippen molar-refractivity contribution in [1.82, 2.24) is 10.6 Å². The second-order valence-electron chi connectivity index (χ2n) is 5.60. The van der Waals surface area contributed by atoms with Crippen LogP contribution in [-0.2, 0) is 4.79 Å².